The number of hydrogen-bond donors (Lipinski definition) is 3. The Kier molecular flexibility index (Phi) is 2.63. The molecule has 1 amide bonds. The van der Waals surface area contributed by atoms with E-state index in [9.17, 15) is 14.7 Å². The van der Waals surface area contributed by atoms with Gasteiger partial charge < -0.3 is 15.3 Å². The number of rotatable bonds is 1. The lowest BCUT2D eigenvalue weighted by molar-refractivity contribution is -0.143. The third kappa shape index (κ3) is 1.89. The predicted molar refractivity (Wildman–Crippen MR) is 56.9 cm³/mol. The van der Waals surface area contributed by atoms with Crippen molar-refractivity contribution < 1.29 is 24.9 Å². The van der Waals surface area contributed by atoms with Gasteiger partial charge >= 0.3 is 12.1 Å². The van der Waals surface area contributed by atoms with Gasteiger partial charge in [0.2, 0.25) is 0 Å². The number of hydrogen-bond acceptors (Lipinski definition) is 3. The molecule has 1 atom stereocenters. The van der Waals surface area contributed by atoms with Crippen LogP contribution in [0.25, 0.3) is 0 Å². The van der Waals surface area contributed by atoms with E-state index < -0.39 is 18.1 Å². The lowest BCUT2D eigenvalue weighted by Crippen LogP contribution is -2.42. The second-order valence-corrected chi connectivity index (χ2v) is 3.85. The number of phenolic OH excluding ortho intramolecular Hbond substituents is 1. The Hall–Kier alpha value is -2.24. The lowest BCUT2D eigenvalue weighted by atomic mass is 9.92. The number of carboxylic acid groups (broad SMARTS) is 2. The molecule has 90 valence electrons. The molecule has 3 N–H and O–H groups in total. The maximum Gasteiger partial charge on any atom is 0.408 e. The summed E-state index contributed by atoms with van der Waals surface area (Å²) in [5.41, 5.74) is 1.10. The van der Waals surface area contributed by atoms with Crippen LogP contribution in [-0.4, -0.2) is 38.8 Å². The lowest BCUT2D eigenvalue weighted by Gasteiger charge is -2.32. The number of carbonyl (C=O) groups is 2. The molecule has 0 aliphatic carbocycles. The molecule has 6 nitrogen and oxygen atoms in total. The zero-order valence-corrected chi connectivity index (χ0v) is 8.83. The first-order valence-electron chi connectivity index (χ1n) is 5.05. The Morgan fingerprint density at radius 3 is 2.59 bits per heavy atom. The Bertz CT molecular complexity index is 485. The summed E-state index contributed by atoms with van der Waals surface area (Å²) in [6, 6.07) is 3.10. The van der Waals surface area contributed by atoms with Crippen LogP contribution >= 0.6 is 0 Å². The van der Waals surface area contributed by atoms with Crippen LogP contribution < -0.4 is 0 Å². The van der Waals surface area contributed by atoms with Crippen LogP contribution in [-0.2, 0) is 11.2 Å². The molecule has 0 bridgehead atoms. The average molecular weight is 237 g/mol. The molecule has 17 heavy (non-hydrogen) atoms. The summed E-state index contributed by atoms with van der Waals surface area (Å²) in [4.78, 5) is 23.0. The number of aliphatic carboxylic acids is 1. The number of nitrogens with zero attached hydrogens (tertiary/aromatic N) is 1. The summed E-state index contributed by atoms with van der Waals surface area (Å²) in [5, 5.41) is 27.4. The number of benzene rings is 1. The molecule has 0 aromatic heterocycles. The molecular formula is C11H11NO5. The molecule has 1 heterocycles. The summed E-state index contributed by atoms with van der Waals surface area (Å²) in [6.07, 6.45) is -0.851. The van der Waals surface area contributed by atoms with Crippen LogP contribution in [0.4, 0.5) is 4.79 Å². The Morgan fingerprint density at radius 2 is 2.00 bits per heavy atom. The standard InChI is InChI=1S/C11H11NO5/c13-7-1-2-8-6(5-7)3-4-12(11(16)17)9(8)10(14)15/h1-2,5,9,13H,3-4H2,(H,14,15)(H,16,17). The van der Waals surface area contributed by atoms with E-state index in [2.05, 4.69) is 0 Å². The fourth-order valence-corrected chi connectivity index (χ4v) is 2.09. The van der Waals surface area contributed by atoms with Gasteiger partial charge in [0, 0.05) is 6.54 Å². The van der Waals surface area contributed by atoms with Crippen molar-refractivity contribution in [1.29, 1.82) is 0 Å². The number of amides is 1. The van der Waals surface area contributed by atoms with E-state index in [1.54, 1.807) is 0 Å². The number of aromatic hydroxyl groups is 1. The molecule has 0 spiro atoms. The first-order chi connectivity index (χ1) is 8.00. The molecule has 1 aliphatic rings. The SMILES string of the molecule is O=C(O)C1c2ccc(O)cc2CCN1C(=O)O. The van der Waals surface area contributed by atoms with E-state index >= 15 is 0 Å². The Balaban J connectivity index is 2.49. The second-order valence-electron chi connectivity index (χ2n) is 3.85. The van der Waals surface area contributed by atoms with Crippen LogP contribution in [0.15, 0.2) is 18.2 Å². The molecule has 1 unspecified atom stereocenters. The highest BCUT2D eigenvalue weighted by molar-refractivity contribution is 5.82. The third-order valence-corrected chi connectivity index (χ3v) is 2.83. The van der Waals surface area contributed by atoms with Crippen LogP contribution in [0, 0.1) is 0 Å². The molecule has 6 heteroatoms. The number of carboxylic acids is 1. The maximum atomic E-state index is 11.1. The van der Waals surface area contributed by atoms with Gasteiger partial charge in [0.1, 0.15) is 5.75 Å². The van der Waals surface area contributed by atoms with Crippen molar-refractivity contribution in [3.8, 4) is 5.75 Å². The van der Waals surface area contributed by atoms with Gasteiger partial charge in [-0.3, -0.25) is 4.90 Å². The molecule has 1 aromatic rings. The van der Waals surface area contributed by atoms with E-state index in [1.807, 2.05) is 0 Å². The zero-order chi connectivity index (χ0) is 12.6. The second kappa shape index (κ2) is 3.97. The van der Waals surface area contributed by atoms with Crippen molar-refractivity contribution >= 4 is 12.1 Å². The van der Waals surface area contributed by atoms with Gasteiger partial charge in [-0.2, -0.15) is 0 Å². The minimum atomic E-state index is -1.25. The molecule has 0 fully saturated rings. The van der Waals surface area contributed by atoms with E-state index in [4.69, 9.17) is 10.2 Å². The van der Waals surface area contributed by atoms with Crippen LogP contribution in [0.2, 0.25) is 0 Å². The van der Waals surface area contributed by atoms with Crippen LogP contribution in [0.5, 0.6) is 5.75 Å². The van der Waals surface area contributed by atoms with Crippen LogP contribution in [0.1, 0.15) is 17.2 Å². The quantitative estimate of drug-likeness (QED) is 0.678. The highest BCUT2D eigenvalue weighted by Crippen LogP contribution is 2.32. The van der Waals surface area contributed by atoms with Gasteiger partial charge in [-0.1, -0.05) is 6.07 Å². The first-order valence-corrected chi connectivity index (χ1v) is 5.05. The molecule has 1 aliphatic heterocycles. The monoisotopic (exact) mass is 237 g/mol. The van der Waals surface area contributed by atoms with Crippen molar-refractivity contribution in [1.82, 2.24) is 4.90 Å². The largest absolute Gasteiger partial charge is 0.508 e. The summed E-state index contributed by atoms with van der Waals surface area (Å²) in [7, 11) is 0. The van der Waals surface area contributed by atoms with Gasteiger partial charge in [0.25, 0.3) is 0 Å². The predicted octanol–water partition coefficient (Wildman–Crippen LogP) is 1.05. The smallest absolute Gasteiger partial charge is 0.408 e. The van der Waals surface area contributed by atoms with Crippen LogP contribution in [0.3, 0.4) is 0 Å². The minimum Gasteiger partial charge on any atom is -0.508 e. The average Bonchev–Trinajstić information content (AvgIpc) is 2.26. The van der Waals surface area contributed by atoms with Gasteiger partial charge in [0.15, 0.2) is 6.04 Å². The number of fused-ring (bicyclic) bond motifs is 1. The minimum absolute atomic E-state index is 0.0525. The van der Waals surface area contributed by atoms with E-state index in [-0.39, 0.29) is 12.3 Å². The molecule has 0 radical (unpaired) electrons. The third-order valence-electron chi connectivity index (χ3n) is 2.83. The fourth-order valence-electron chi connectivity index (χ4n) is 2.09. The normalized spacial score (nSPS) is 18.6. The fraction of sp³-hybridized carbons (Fsp3) is 0.273. The molecule has 1 aromatic carbocycles. The van der Waals surface area contributed by atoms with Gasteiger partial charge in [-0.05, 0) is 29.7 Å². The van der Waals surface area contributed by atoms with Crippen molar-refractivity contribution in [2.45, 2.75) is 12.5 Å². The topological polar surface area (TPSA) is 98.1 Å². The molecule has 2 rings (SSSR count). The van der Waals surface area contributed by atoms with E-state index in [0.29, 0.717) is 17.5 Å². The molecular weight excluding hydrogens is 226 g/mol. The molecule has 0 saturated heterocycles. The zero-order valence-electron chi connectivity index (χ0n) is 8.83. The van der Waals surface area contributed by atoms with Gasteiger partial charge in [-0.15, -0.1) is 0 Å². The summed E-state index contributed by atoms with van der Waals surface area (Å²) in [6.45, 7) is 0.114. The van der Waals surface area contributed by atoms with Crippen molar-refractivity contribution in [2.75, 3.05) is 6.54 Å². The van der Waals surface area contributed by atoms with E-state index in [0.717, 1.165) is 4.90 Å². The summed E-state index contributed by atoms with van der Waals surface area (Å²) >= 11 is 0. The van der Waals surface area contributed by atoms with Crippen molar-refractivity contribution in [2.24, 2.45) is 0 Å². The van der Waals surface area contributed by atoms with Gasteiger partial charge in [0.05, 0.1) is 0 Å². The Labute approximate surface area is 96.7 Å². The van der Waals surface area contributed by atoms with Crippen molar-refractivity contribution in [3.63, 3.8) is 0 Å². The van der Waals surface area contributed by atoms with Crippen molar-refractivity contribution in [3.05, 3.63) is 29.3 Å². The summed E-state index contributed by atoms with van der Waals surface area (Å²) in [5.74, 6) is -1.16. The first kappa shape index (κ1) is 11.3. The number of phenols is 1. The highest BCUT2D eigenvalue weighted by Gasteiger charge is 2.35. The molecule has 0 saturated carbocycles. The maximum absolute atomic E-state index is 11.1. The highest BCUT2D eigenvalue weighted by atomic mass is 16.4. The Morgan fingerprint density at radius 1 is 1.29 bits per heavy atom. The van der Waals surface area contributed by atoms with Gasteiger partial charge in [-0.25, -0.2) is 9.59 Å². The van der Waals surface area contributed by atoms with E-state index in [1.165, 1.54) is 18.2 Å². The summed E-state index contributed by atoms with van der Waals surface area (Å²) < 4.78 is 0.